The van der Waals surface area contributed by atoms with E-state index >= 15 is 0 Å². The minimum atomic E-state index is -0.0699. The van der Waals surface area contributed by atoms with Crippen molar-refractivity contribution in [3.05, 3.63) is 59.1 Å². The van der Waals surface area contributed by atoms with Crippen LogP contribution in [-0.4, -0.2) is 48.6 Å². The van der Waals surface area contributed by atoms with Crippen LogP contribution >= 0.6 is 11.6 Å². The Hall–Kier alpha value is -2.24. The number of aromatic hydroxyl groups is 1. The summed E-state index contributed by atoms with van der Waals surface area (Å²) in [5.74, 6) is 0.299. The lowest BCUT2D eigenvalue weighted by Gasteiger charge is -2.35. The van der Waals surface area contributed by atoms with Crippen LogP contribution in [0.4, 0.5) is 5.69 Å². The summed E-state index contributed by atoms with van der Waals surface area (Å²) in [4.78, 5) is 16.8. The van der Waals surface area contributed by atoms with Crippen molar-refractivity contribution in [1.82, 2.24) is 10.2 Å². The number of phenolic OH excluding ortho intramolecular Hbond substituents is 1. The van der Waals surface area contributed by atoms with E-state index < -0.39 is 0 Å². The molecule has 0 radical (unpaired) electrons. The molecule has 26 heavy (non-hydrogen) atoms. The van der Waals surface area contributed by atoms with Crippen LogP contribution in [0.3, 0.4) is 0 Å². The predicted molar refractivity (Wildman–Crippen MR) is 105 cm³/mol. The van der Waals surface area contributed by atoms with Gasteiger partial charge in [0.2, 0.25) is 5.91 Å². The Kier molecular flexibility index (Phi) is 6.01. The van der Waals surface area contributed by atoms with E-state index in [9.17, 15) is 9.90 Å². The fraction of sp³-hybridized carbons (Fsp3) is 0.350. The Labute approximate surface area is 159 Å². The monoisotopic (exact) mass is 373 g/mol. The molecule has 1 heterocycles. The maximum atomic E-state index is 12.3. The number of carbonyl (C=O) groups is 1. The number of anilines is 1. The van der Waals surface area contributed by atoms with Gasteiger partial charge in [0.15, 0.2) is 0 Å². The fourth-order valence-corrected chi connectivity index (χ4v) is 3.38. The topological polar surface area (TPSA) is 55.8 Å². The summed E-state index contributed by atoms with van der Waals surface area (Å²) in [6.45, 7) is 5.75. The number of halogens is 1. The third-order valence-corrected chi connectivity index (χ3v) is 4.92. The van der Waals surface area contributed by atoms with Crippen molar-refractivity contribution < 1.29 is 9.90 Å². The third kappa shape index (κ3) is 4.90. The van der Waals surface area contributed by atoms with Crippen molar-refractivity contribution in [3.8, 4) is 5.75 Å². The van der Waals surface area contributed by atoms with Crippen molar-refractivity contribution in [1.29, 1.82) is 0 Å². The molecule has 6 heteroatoms. The first kappa shape index (κ1) is 18.5. The number of benzene rings is 2. The molecule has 3 rings (SSSR count). The SMILES string of the molecule is C[C@@H](NC(=O)CN1CCN(c2ccc(O)cc2)CC1)c1cccc(Cl)c1. The van der Waals surface area contributed by atoms with Gasteiger partial charge < -0.3 is 15.3 Å². The second-order valence-corrected chi connectivity index (χ2v) is 7.06. The molecule has 0 saturated carbocycles. The molecule has 2 N–H and O–H groups in total. The molecule has 1 fully saturated rings. The average molecular weight is 374 g/mol. The summed E-state index contributed by atoms with van der Waals surface area (Å²) in [7, 11) is 0. The summed E-state index contributed by atoms with van der Waals surface area (Å²) in [6, 6.07) is 14.7. The number of rotatable bonds is 5. The molecule has 0 aliphatic carbocycles. The number of piperazine rings is 1. The molecule has 138 valence electrons. The molecule has 0 spiro atoms. The van der Waals surface area contributed by atoms with Gasteiger partial charge in [0.05, 0.1) is 12.6 Å². The second-order valence-electron chi connectivity index (χ2n) is 6.62. The first-order chi connectivity index (χ1) is 12.5. The molecule has 5 nitrogen and oxygen atoms in total. The molecule has 0 bridgehead atoms. The van der Waals surface area contributed by atoms with E-state index in [1.165, 1.54) is 0 Å². The molecule has 0 aromatic heterocycles. The third-order valence-electron chi connectivity index (χ3n) is 4.68. The molecule has 1 saturated heterocycles. The van der Waals surface area contributed by atoms with Crippen LogP contribution in [0.15, 0.2) is 48.5 Å². The summed E-state index contributed by atoms with van der Waals surface area (Å²) in [5, 5.41) is 13.1. The summed E-state index contributed by atoms with van der Waals surface area (Å²) >= 11 is 6.01. The van der Waals surface area contributed by atoms with Gasteiger partial charge in [-0.15, -0.1) is 0 Å². The van der Waals surface area contributed by atoms with Gasteiger partial charge in [0.1, 0.15) is 5.75 Å². The maximum Gasteiger partial charge on any atom is 0.234 e. The first-order valence-corrected chi connectivity index (χ1v) is 9.20. The molecule has 2 aromatic carbocycles. The number of nitrogens with one attached hydrogen (secondary N) is 1. The standard InChI is InChI=1S/C20H24ClN3O2/c1-15(16-3-2-4-17(21)13-16)22-20(26)14-23-9-11-24(12-10-23)18-5-7-19(25)8-6-18/h2-8,13,15,25H,9-12,14H2,1H3,(H,22,26)/t15-/m1/s1. The van der Waals surface area contributed by atoms with Crippen molar-refractivity contribution in [2.24, 2.45) is 0 Å². The summed E-state index contributed by atoms with van der Waals surface area (Å²) in [5.41, 5.74) is 2.10. The molecule has 0 unspecified atom stereocenters. The van der Waals surface area contributed by atoms with Crippen LogP contribution in [0.2, 0.25) is 5.02 Å². The van der Waals surface area contributed by atoms with Gasteiger partial charge in [-0.25, -0.2) is 0 Å². The lowest BCUT2D eigenvalue weighted by molar-refractivity contribution is -0.123. The highest BCUT2D eigenvalue weighted by Crippen LogP contribution is 2.20. The smallest absolute Gasteiger partial charge is 0.234 e. The van der Waals surface area contributed by atoms with Gasteiger partial charge in [-0.2, -0.15) is 0 Å². The molecule has 1 amide bonds. The Morgan fingerprint density at radius 1 is 1.15 bits per heavy atom. The lowest BCUT2D eigenvalue weighted by atomic mass is 10.1. The molecule has 1 aliphatic rings. The molecule has 2 aromatic rings. The van der Waals surface area contributed by atoms with Gasteiger partial charge in [-0.1, -0.05) is 23.7 Å². The van der Waals surface area contributed by atoms with Crippen LogP contribution in [0.25, 0.3) is 0 Å². The first-order valence-electron chi connectivity index (χ1n) is 8.82. The Bertz CT molecular complexity index is 743. The van der Waals surface area contributed by atoms with Gasteiger partial charge >= 0.3 is 0 Å². The van der Waals surface area contributed by atoms with E-state index in [1.54, 1.807) is 12.1 Å². The zero-order valence-electron chi connectivity index (χ0n) is 14.9. The van der Waals surface area contributed by atoms with Crippen LogP contribution in [-0.2, 0) is 4.79 Å². The van der Waals surface area contributed by atoms with E-state index in [-0.39, 0.29) is 17.7 Å². The quantitative estimate of drug-likeness (QED) is 0.845. The van der Waals surface area contributed by atoms with Gasteiger partial charge in [-0.3, -0.25) is 9.69 Å². The van der Waals surface area contributed by atoms with Gasteiger partial charge in [0.25, 0.3) is 0 Å². The zero-order valence-corrected chi connectivity index (χ0v) is 15.6. The van der Waals surface area contributed by atoms with E-state index in [0.29, 0.717) is 11.6 Å². The van der Waals surface area contributed by atoms with Gasteiger partial charge in [0, 0.05) is 36.9 Å². The highest BCUT2D eigenvalue weighted by Gasteiger charge is 2.20. The molecule has 1 atom stereocenters. The van der Waals surface area contributed by atoms with Crippen molar-refractivity contribution in [2.45, 2.75) is 13.0 Å². The Morgan fingerprint density at radius 2 is 1.85 bits per heavy atom. The van der Waals surface area contributed by atoms with E-state index in [0.717, 1.165) is 37.4 Å². The number of carbonyl (C=O) groups excluding carboxylic acids is 1. The largest absolute Gasteiger partial charge is 0.508 e. The maximum absolute atomic E-state index is 12.3. The van der Waals surface area contributed by atoms with Crippen molar-refractivity contribution in [3.63, 3.8) is 0 Å². The molecular weight excluding hydrogens is 350 g/mol. The highest BCUT2D eigenvalue weighted by atomic mass is 35.5. The predicted octanol–water partition coefficient (Wildman–Crippen LogP) is 3.05. The van der Waals surface area contributed by atoms with Crippen molar-refractivity contribution >= 4 is 23.2 Å². The molecule has 1 aliphatic heterocycles. The van der Waals surface area contributed by atoms with Crippen LogP contribution in [0.5, 0.6) is 5.75 Å². The fourth-order valence-electron chi connectivity index (χ4n) is 3.18. The Morgan fingerprint density at radius 3 is 2.50 bits per heavy atom. The average Bonchev–Trinajstić information content (AvgIpc) is 2.63. The summed E-state index contributed by atoms with van der Waals surface area (Å²) in [6.07, 6.45) is 0. The zero-order chi connectivity index (χ0) is 18.5. The van der Waals surface area contributed by atoms with Crippen LogP contribution in [0.1, 0.15) is 18.5 Å². The number of hydrogen-bond donors (Lipinski definition) is 2. The number of nitrogens with zero attached hydrogens (tertiary/aromatic N) is 2. The molecular formula is C20H24ClN3O2. The Balaban J connectivity index is 1.46. The highest BCUT2D eigenvalue weighted by molar-refractivity contribution is 6.30. The minimum absolute atomic E-state index is 0.0237. The van der Waals surface area contributed by atoms with E-state index in [1.807, 2.05) is 43.3 Å². The van der Waals surface area contributed by atoms with E-state index in [2.05, 4.69) is 15.1 Å². The number of hydrogen-bond acceptors (Lipinski definition) is 4. The number of amides is 1. The van der Waals surface area contributed by atoms with Crippen LogP contribution < -0.4 is 10.2 Å². The second kappa shape index (κ2) is 8.43. The van der Waals surface area contributed by atoms with E-state index in [4.69, 9.17) is 11.6 Å². The lowest BCUT2D eigenvalue weighted by Crippen LogP contribution is -2.49. The van der Waals surface area contributed by atoms with Gasteiger partial charge in [-0.05, 0) is 48.9 Å². The minimum Gasteiger partial charge on any atom is -0.508 e. The van der Waals surface area contributed by atoms with Crippen molar-refractivity contribution in [2.75, 3.05) is 37.6 Å². The normalized spacial score (nSPS) is 16.3. The summed E-state index contributed by atoms with van der Waals surface area (Å²) < 4.78 is 0. The number of phenols is 1. The van der Waals surface area contributed by atoms with Crippen LogP contribution in [0, 0.1) is 0 Å².